The van der Waals surface area contributed by atoms with Crippen LogP contribution in [0, 0.1) is 13.8 Å². The lowest BCUT2D eigenvalue weighted by Crippen LogP contribution is -2.03. The second-order valence-electron chi connectivity index (χ2n) is 5.13. The molecule has 0 N–H and O–H groups in total. The number of azo groups is 1. The van der Waals surface area contributed by atoms with E-state index in [1.54, 1.807) is 6.92 Å². The Kier molecular flexibility index (Phi) is 3.63. The van der Waals surface area contributed by atoms with Gasteiger partial charge in [-0.3, -0.25) is 4.40 Å². The lowest BCUT2D eigenvalue weighted by molar-refractivity contribution is -0.137. The van der Waals surface area contributed by atoms with Crippen molar-refractivity contribution in [1.82, 2.24) is 9.38 Å². The molecule has 0 aliphatic rings. The van der Waals surface area contributed by atoms with Crippen molar-refractivity contribution in [1.29, 1.82) is 0 Å². The van der Waals surface area contributed by atoms with E-state index in [1.807, 2.05) is 29.5 Å². The van der Waals surface area contributed by atoms with Crippen LogP contribution in [0.4, 0.5) is 24.7 Å². The van der Waals surface area contributed by atoms with Gasteiger partial charge >= 0.3 is 6.18 Å². The minimum Gasteiger partial charge on any atom is -0.280 e. The third-order valence-corrected chi connectivity index (χ3v) is 3.42. The zero-order chi connectivity index (χ0) is 16.6. The number of rotatable bonds is 2. The maximum atomic E-state index is 12.7. The van der Waals surface area contributed by atoms with Crippen molar-refractivity contribution in [3.05, 3.63) is 59.4 Å². The molecule has 0 fully saturated rings. The van der Waals surface area contributed by atoms with E-state index in [4.69, 9.17) is 0 Å². The molecular weight excluding hydrogens is 305 g/mol. The highest BCUT2D eigenvalue weighted by molar-refractivity contribution is 5.53. The summed E-state index contributed by atoms with van der Waals surface area (Å²) < 4.78 is 40.0. The lowest BCUT2D eigenvalue weighted by atomic mass is 10.2. The molecule has 0 saturated carbocycles. The molecule has 3 rings (SSSR count). The second-order valence-corrected chi connectivity index (χ2v) is 5.13. The number of hydrogen-bond donors (Lipinski definition) is 0. The highest BCUT2D eigenvalue weighted by Crippen LogP contribution is 2.32. The van der Waals surface area contributed by atoms with Gasteiger partial charge in [-0.2, -0.15) is 13.2 Å². The molecule has 2 aromatic heterocycles. The highest BCUT2D eigenvalue weighted by atomic mass is 19.4. The average molecular weight is 318 g/mol. The first-order valence-corrected chi connectivity index (χ1v) is 6.90. The number of halogens is 3. The molecule has 0 atom stereocenters. The SMILES string of the molecule is Cc1nc2cccc(C)n2c1N=Nc1cccc(C(F)(F)F)c1. The standard InChI is InChI=1S/C16H13F3N4/c1-10-5-3-8-14-20-11(2)15(23(10)14)22-21-13-7-4-6-12(9-13)16(17,18)19/h3-9H,1-2H3. The number of nitrogens with zero attached hydrogens (tertiary/aromatic N) is 4. The molecule has 0 aliphatic carbocycles. The van der Waals surface area contributed by atoms with Gasteiger partial charge in [-0.25, -0.2) is 4.98 Å². The van der Waals surface area contributed by atoms with Gasteiger partial charge in [-0.15, -0.1) is 10.2 Å². The minimum absolute atomic E-state index is 0.141. The van der Waals surface area contributed by atoms with Crippen LogP contribution in [0.5, 0.6) is 0 Å². The first kappa shape index (κ1) is 15.2. The lowest BCUT2D eigenvalue weighted by Gasteiger charge is -2.06. The summed E-state index contributed by atoms with van der Waals surface area (Å²) in [6, 6.07) is 10.4. The topological polar surface area (TPSA) is 42.0 Å². The number of benzene rings is 1. The first-order chi connectivity index (χ1) is 10.9. The molecule has 0 amide bonds. The van der Waals surface area contributed by atoms with Gasteiger partial charge in [0.05, 0.1) is 16.9 Å². The maximum Gasteiger partial charge on any atom is 0.416 e. The van der Waals surface area contributed by atoms with Gasteiger partial charge < -0.3 is 0 Å². The molecule has 0 bridgehead atoms. The summed E-state index contributed by atoms with van der Waals surface area (Å²) in [7, 11) is 0. The van der Waals surface area contributed by atoms with Crippen LogP contribution >= 0.6 is 0 Å². The largest absolute Gasteiger partial charge is 0.416 e. The van der Waals surface area contributed by atoms with E-state index in [9.17, 15) is 13.2 Å². The summed E-state index contributed by atoms with van der Waals surface area (Å²) in [5, 5.41) is 8.05. The van der Waals surface area contributed by atoms with Crippen molar-refractivity contribution in [2.75, 3.05) is 0 Å². The molecule has 0 spiro atoms. The number of alkyl halides is 3. The van der Waals surface area contributed by atoms with E-state index in [0.717, 1.165) is 23.5 Å². The fraction of sp³-hybridized carbons (Fsp3) is 0.188. The number of pyridine rings is 1. The van der Waals surface area contributed by atoms with Crippen molar-refractivity contribution in [2.45, 2.75) is 20.0 Å². The van der Waals surface area contributed by atoms with E-state index >= 15 is 0 Å². The van der Waals surface area contributed by atoms with E-state index in [0.29, 0.717) is 11.5 Å². The van der Waals surface area contributed by atoms with Crippen LogP contribution in [-0.2, 0) is 6.18 Å². The van der Waals surface area contributed by atoms with Gasteiger partial charge in [-0.05, 0) is 44.2 Å². The van der Waals surface area contributed by atoms with Crippen LogP contribution in [0.15, 0.2) is 52.7 Å². The monoisotopic (exact) mass is 318 g/mol. The molecule has 2 heterocycles. The van der Waals surface area contributed by atoms with Gasteiger partial charge in [-0.1, -0.05) is 12.1 Å². The van der Waals surface area contributed by atoms with Gasteiger partial charge in [0.15, 0.2) is 5.82 Å². The Bertz CT molecular complexity index is 894. The van der Waals surface area contributed by atoms with E-state index in [2.05, 4.69) is 15.2 Å². The summed E-state index contributed by atoms with van der Waals surface area (Å²) in [4.78, 5) is 4.37. The molecule has 1 aromatic carbocycles. The van der Waals surface area contributed by atoms with Crippen LogP contribution in [0.25, 0.3) is 5.65 Å². The van der Waals surface area contributed by atoms with Gasteiger partial charge in [0.2, 0.25) is 0 Å². The Morgan fingerprint density at radius 2 is 1.74 bits per heavy atom. The van der Waals surface area contributed by atoms with Crippen LogP contribution in [0.2, 0.25) is 0 Å². The van der Waals surface area contributed by atoms with Gasteiger partial charge in [0.25, 0.3) is 0 Å². The van der Waals surface area contributed by atoms with Gasteiger partial charge in [0, 0.05) is 5.69 Å². The number of aromatic nitrogens is 2. The van der Waals surface area contributed by atoms with Crippen LogP contribution in [0.1, 0.15) is 17.0 Å². The van der Waals surface area contributed by atoms with Gasteiger partial charge in [0.1, 0.15) is 5.65 Å². The molecule has 4 nitrogen and oxygen atoms in total. The van der Waals surface area contributed by atoms with E-state index in [1.165, 1.54) is 12.1 Å². The number of aryl methyl sites for hydroxylation is 2. The Balaban J connectivity index is 2.03. The van der Waals surface area contributed by atoms with Crippen molar-refractivity contribution in [3.8, 4) is 0 Å². The molecule has 0 aliphatic heterocycles. The molecule has 118 valence electrons. The van der Waals surface area contributed by atoms with Crippen molar-refractivity contribution >= 4 is 17.2 Å². The Morgan fingerprint density at radius 3 is 2.48 bits per heavy atom. The zero-order valence-corrected chi connectivity index (χ0v) is 12.5. The quantitative estimate of drug-likeness (QED) is 0.584. The average Bonchev–Trinajstić information content (AvgIpc) is 2.81. The highest BCUT2D eigenvalue weighted by Gasteiger charge is 2.30. The van der Waals surface area contributed by atoms with Crippen molar-refractivity contribution in [2.24, 2.45) is 10.2 Å². The Labute approximate surface area is 130 Å². The molecular formula is C16H13F3N4. The van der Waals surface area contributed by atoms with Crippen molar-refractivity contribution in [3.63, 3.8) is 0 Å². The fourth-order valence-electron chi connectivity index (χ4n) is 2.32. The molecule has 7 heteroatoms. The minimum atomic E-state index is -4.40. The summed E-state index contributed by atoms with van der Waals surface area (Å²) in [6.07, 6.45) is -4.40. The molecule has 0 saturated heterocycles. The molecule has 0 radical (unpaired) electrons. The smallest absolute Gasteiger partial charge is 0.280 e. The normalized spacial score (nSPS) is 12.4. The first-order valence-electron chi connectivity index (χ1n) is 6.90. The Hall–Kier alpha value is -2.70. The maximum absolute atomic E-state index is 12.7. The number of hydrogen-bond acceptors (Lipinski definition) is 3. The third kappa shape index (κ3) is 2.94. The predicted octanol–water partition coefficient (Wildman–Crippen LogP) is 5.39. The molecule has 0 unspecified atom stereocenters. The van der Waals surface area contributed by atoms with E-state index < -0.39 is 11.7 Å². The number of fused-ring (bicyclic) bond motifs is 1. The zero-order valence-electron chi connectivity index (χ0n) is 12.5. The van der Waals surface area contributed by atoms with Crippen LogP contribution < -0.4 is 0 Å². The van der Waals surface area contributed by atoms with Crippen molar-refractivity contribution < 1.29 is 13.2 Å². The predicted molar refractivity (Wildman–Crippen MR) is 80.3 cm³/mol. The summed E-state index contributed by atoms with van der Waals surface area (Å²) in [6.45, 7) is 3.68. The summed E-state index contributed by atoms with van der Waals surface area (Å²) in [5.74, 6) is 0.510. The second kappa shape index (κ2) is 5.49. The Morgan fingerprint density at radius 1 is 1.00 bits per heavy atom. The third-order valence-electron chi connectivity index (χ3n) is 3.42. The van der Waals surface area contributed by atoms with Crippen LogP contribution in [0.3, 0.4) is 0 Å². The molecule has 23 heavy (non-hydrogen) atoms. The summed E-state index contributed by atoms with van der Waals surface area (Å²) >= 11 is 0. The number of imidazole rings is 1. The summed E-state index contributed by atoms with van der Waals surface area (Å²) in [5.41, 5.74) is 1.69. The molecule has 3 aromatic rings. The fourth-order valence-corrected chi connectivity index (χ4v) is 2.32. The van der Waals surface area contributed by atoms with E-state index in [-0.39, 0.29) is 5.69 Å². The van der Waals surface area contributed by atoms with Crippen LogP contribution in [-0.4, -0.2) is 9.38 Å².